The smallest absolute Gasteiger partial charge is 0.303 e. The maximum absolute atomic E-state index is 13.7. The SMILES string of the molecule is C[C@@H]1CN(C(c2cccc(O)c2)c2cccc(C(=O)N3CCN(CCCCCC(=O)O)CC3)c2)[C@@H](C)CN1Cc1ccccc1. The summed E-state index contributed by atoms with van der Waals surface area (Å²) in [4.78, 5) is 33.9. The topological polar surface area (TPSA) is 87.6 Å². The highest BCUT2D eigenvalue weighted by Crippen LogP contribution is 2.35. The number of carbonyl (C=O) groups is 2. The fourth-order valence-electron chi connectivity index (χ4n) is 6.88. The lowest BCUT2D eigenvalue weighted by Gasteiger charge is -2.47. The van der Waals surface area contributed by atoms with Crippen LogP contribution in [0.25, 0.3) is 0 Å². The highest BCUT2D eigenvalue weighted by atomic mass is 16.4. The van der Waals surface area contributed by atoms with Gasteiger partial charge in [-0.25, -0.2) is 0 Å². The minimum atomic E-state index is -0.732. The predicted molar refractivity (Wildman–Crippen MR) is 177 cm³/mol. The molecule has 45 heavy (non-hydrogen) atoms. The van der Waals surface area contributed by atoms with Crippen molar-refractivity contribution < 1.29 is 19.8 Å². The second kappa shape index (κ2) is 15.5. The van der Waals surface area contributed by atoms with Crippen molar-refractivity contribution in [3.05, 3.63) is 101 Å². The molecule has 2 aliphatic rings. The molecule has 2 heterocycles. The minimum absolute atomic E-state index is 0.0571. The van der Waals surface area contributed by atoms with Crippen LogP contribution in [0, 0.1) is 0 Å². The molecule has 2 saturated heterocycles. The molecule has 0 aliphatic carbocycles. The number of carbonyl (C=O) groups excluding carboxylic acids is 1. The van der Waals surface area contributed by atoms with E-state index in [2.05, 4.69) is 77.1 Å². The Morgan fingerprint density at radius 1 is 0.800 bits per heavy atom. The Bertz CT molecular complexity index is 1410. The van der Waals surface area contributed by atoms with E-state index in [4.69, 9.17) is 5.11 Å². The van der Waals surface area contributed by atoms with E-state index < -0.39 is 5.97 Å². The van der Waals surface area contributed by atoms with Gasteiger partial charge in [0.15, 0.2) is 0 Å². The van der Waals surface area contributed by atoms with Crippen LogP contribution in [0.4, 0.5) is 0 Å². The molecule has 2 N–H and O–H groups in total. The molecule has 3 aromatic carbocycles. The number of unbranched alkanes of at least 4 members (excludes halogenated alkanes) is 2. The lowest BCUT2D eigenvalue weighted by molar-refractivity contribution is -0.137. The second-order valence-corrected chi connectivity index (χ2v) is 12.8. The van der Waals surface area contributed by atoms with E-state index in [-0.39, 0.29) is 30.2 Å². The molecule has 2 aliphatic heterocycles. The molecule has 5 rings (SSSR count). The number of carboxylic acids is 1. The summed E-state index contributed by atoms with van der Waals surface area (Å²) in [5, 5.41) is 19.3. The number of nitrogens with zero attached hydrogens (tertiary/aromatic N) is 4. The highest BCUT2D eigenvalue weighted by Gasteiger charge is 2.35. The van der Waals surface area contributed by atoms with E-state index in [0.717, 1.165) is 69.7 Å². The van der Waals surface area contributed by atoms with Gasteiger partial charge in [-0.1, -0.05) is 61.0 Å². The lowest BCUT2D eigenvalue weighted by Crippen LogP contribution is -2.56. The van der Waals surface area contributed by atoms with Crippen LogP contribution in [0.15, 0.2) is 78.9 Å². The van der Waals surface area contributed by atoms with E-state index in [1.807, 2.05) is 29.2 Å². The van der Waals surface area contributed by atoms with Crippen LogP contribution < -0.4 is 0 Å². The van der Waals surface area contributed by atoms with E-state index >= 15 is 0 Å². The Kier molecular flexibility index (Phi) is 11.3. The molecule has 1 unspecified atom stereocenters. The number of hydrogen-bond donors (Lipinski definition) is 2. The van der Waals surface area contributed by atoms with E-state index in [1.54, 1.807) is 6.07 Å². The third-order valence-electron chi connectivity index (χ3n) is 9.38. The molecule has 1 amide bonds. The van der Waals surface area contributed by atoms with Gasteiger partial charge in [-0.05, 0) is 74.2 Å². The maximum Gasteiger partial charge on any atom is 0.303 e. The third kappa shape index (κ3) is 8.72. The first kappa shape index (κ1) is 32.7. The van der Waals surface area contributed by atoms with Gasteiger partial charge >= 0.3 is 5.97 Å². The minimum Gasteiger partial charge on any atom is -0.508 e. The van der Waals surface area contributed by atoms with Gasteiger partial charge in [0.1, 0.15) is 5.75 Å². The first-order valence-corrected chi connectivity index (χ1v) is 16.4. The maximum atomic E-state index is 13.7. The van der Waals surface area contributed by atoms with Gasteiger partial charge in [-0.3, -0.25) is 24.3 Å². The molecule has 0 bridgehead atoms. The van der Waals surface area contributed by atoms with Gasteiger partial charge in [0.05, 0.1) is 6.04 Å². The van der Waals surface area contributed by atoms with Crippen molar-refractivity contribution in [2.24, 2.45) is 0 Å². The number of benzene rings is 3. The van der Waals surface area contributed by atoms with Gasteiger partial charge in [0.2, 0.25) is 0 Å². The van der Waals surface area contributed by atoms with Gasteiger partial charge in [-0.15, -0.1) is 0 Å². The number of hydrogen-bond acceptors (Lipinski definition) is 6. The average molecular weight is 613 g/mol. The number of carboxylic acid groups (broad SMARTS) is 1. The number of aliphatic carboxylic acids is 1. The molecule has 0 saturated carbocycles. The summed E-state index contributed by atoms with van der Waals surface area (Å²) in [5.74, 6) is -0.431. The van der Waals surface area contributed by atoms with Gasteiger partial charge in [-0.2, -0.15) is 0 Å². The standard InChI is InChI=1S/C37H48N4O4/c1-28-26-41(29(2)25-40(28)27-30-11-5-3-6-12-30)36(32-14-10-16-34(42)24-32)31-13-9-15-33(23-31)37(45)39-21-19-38(20-22-39)18-8-4-7-17-35(43)44/h3,5-6,9-16,23-24,28-29,36,42H,4,7-8,17-22,25-27H2,1-2H3,(H,43,44)/t28-,29+,36?/m1/s1. The molecule has 0 spiro atoms. The number of phenolic OH excluding ortho intramolecular Hbond substituents is 1. The van der Waals surface area contributed by atoms with Crippen molar-refractivity contribution in [1.82, 2.24) is 19.6 Å². The van der Waals surface area contributed by atoms with Crippen molar-refractivity contribution in [2.75, 3.05) is 45.8 Å². The summed E-state index contributed by atoms with van der Waals surface area (Å²) in [6.45, 7) is 11.3. The fourth-order valence-corrected chi connectivity index (χ4v) is 6.88. The van der Waals surface area contributed by atoms with Crippen molar-refractivity contribution in [2.45, 2.75) is 64.2 Å². The third-order valence-corrected chi connectivity index (χ3v) is 9.38. The summed E-state index contributed by atoms with van der Waals surface area (Å²) < 4.78 is 0. The molecule has 3 aromatic rings. The summed E-state index contributed by atoms with van der Waals surface area (Å²) in [7, 11) is 0. The number of piperazine rings is 2. The summed E-state index contributed by atoms with van der Waals surface area (Å²) in [6, 6.07) is 26.7. The quantitative estimate of drug-likeness (QED) is 0.262. The van der Waals surface area contributed by atoms with Gasteiger partial charge < -0.3 is 15.1 Å². The van der Waals surface area contributed by atoms with Crippen molar-refractivity contribution in [3.63, 3.8) is 0 Å². The highest BCUT2D eigenvalue weighted by molar-refractivity contribution is 5.94. The molecule has 8 heteroatoms. The van der Waals surface area contributed by atoms with Crippen LogP contribution in [0.3, 0.4) is 0 Å². The van der Waals surface area contributed by atoms with Crippen LogP contribution >= 0.6 is 0 Å². The van der Waals surface area contributed by atoms with Crippen molar-refractivity contribution in [1.29, 1.82) is 0 Å². The number of aromatic hydroxyl groups is 1. The van der Waals surface area contributed by atoms with Crippen LogP contribution in [0.5, 0.6) is 5.75 Å². The lowest BCUT2D eigenvalue weighted by atomic mass is 9.92. The van der Waals surface area contributed by atoms with Crippen molar-refractivity contribution in [3.8, 4) is 5.75 Å². The molecule has 2 fully saturated rings. The molecule has 8 nitrogen and oxygen atoms in total. The largest absolute Gasteiger partial charge is 0.508 e. The fraction of sp³-hybridized carbons (Fsp3) is 0.459. The van der Waals surface area contributed by atoms with E-state index in [9.17, 15) is 14.7 Å². The molecular weight excluding hydrogens is 564 g/mol. The van der Waals surface area contributed by atoms with E-state index in [0.29, 0.717) is 24.7 Å². The Balaban J connectivity index is 1.28. The Morgan fingerprint density at radius 2 is 1.51 bits per heavy atom. The monoisotopic (exact) mass is 612 g/mol. The zero-order chi connectivity index (χ0) is 31.8. The van der Waals surface area contributed by atoms with Crippen LogP contribution in [0.2, 0.25) is 0 Å². The van der Waals surface area contributed by atoms with Gasteiger partial charge in [0.25, 0.3) is 5.91 Å². The normalized spacial score (nSPS) is 20.6. The second-order valence-electron chi connectivity index (χ2n) is 12.8. The Labute approximate surface area is 267 Å². The number of amides is 1. The first-order valence-electron chi connectivity index (χ1n) is 16.4. The molecular formula is C37H48N4O4. The molecule has 0 aromatic heterocycles. The molecule has 0 radical (unpaired) electrons. The average Bonchev–Trinajstić information content (AvgIpc) is 3.04. The van der Waals surface area contributed by atoms with Gasteiger partial charge in [0, 0.05) is 69.9 Å². The molecule has 3 atom stereocenters. The van der Waals surface area contributed by atoms with Crippen LogP contribution in [0.1, 0.15) is 72.6 Å². The van der Waals surface area contributed by atoms with Crippen LogP contribution in [-0.4, -0.2) is 99.6 Å². The Morgan fingerprint density at radius 3 is 2.22 bits per heavy atom. The summed E-state index contributed by atoms with van der Waals surface area (Å²) >= 11 is 0. The Hall–Kier alpha value is -3.72. The van der Waals surface area contributed by atoms with Crippen molar-refractivity contribution >= 4 is 11.9 Å². The zero-order valence-corrected chi connectivity index (χ0v) is 26.7. The number of phenols is 1. The summed E-state index contributed by atoms with van der Waals surface area (Å²) in [6.07, 6.45) is 2.85. The predicted octanol–water partition coefficient (Wildman–Crippen LogP) is 5.48. The number of rotatable bonds is 12. The summed E-state index contributed by atoms with van der Waals surface area (Å²) in [5.41, 5.74) is 4.09. The van der Waals surface area contributed by atoms with Crippen LogP contribution in [-0.2, 0) is 11.3 Å². The van der Waals surface area contributed by atoms with E-state index in [1.165, 1.54) is 5.56 Å². The zero-order valence-electron chi connectivity index (χ0n) is 26.7. The molecule has 240 valence electrons. The first-order chi connectivity index (χ1) is 21.8.